The van der Waals surface area contributed by atoms with Gasteiger partial charge in [-0.15, -0.1) is 0 Å². The van der Waals surface area contributed by atoms with E-state index >= 15 is 0 Å². The molecule has 1 N–H and O–H groups in total. The van der Waals surface area contributed by atoms with Gasteiger partial charge in [-0.1, -0.05) is 18.2 Å². The number of carbonyl (C=O) groups is 1. The summed E-state index contributed by atoms with van der Waals surface area (Å²) in [7, 11) is 2.08. The molecule has 2 aromatic carbocycles. The highest BCUT2D eigenvalue weighted by molar-refractivity contribution is 6.03. The molecule has 0 bridgehead atoms. The molecule has 33 heavy (non-hydrogen) atoms. The quantitative estimate of drug-likeness (QED) is 0.664. The Bertz CT molecular complexity index is 1200. The molecule has 0 radical (unpaired) electrons. The number of hydrogen-bond donors (Lipinski definition) is 1. The number of aromatic amines is 1. The molecule has 1 amide bonds. The van der Waals surface area contributed by atoms with Gasteiger partial charge in [0, 0.05) is 49.9 Å². The molecule has 2 aliphatic rings. The second-order valence-electron chi connectivity index (χ2n) is 8.80. The minimum absolute atomic E-state index is 0.0307. The second-order valence-corrected chi connectivity index (χ2v) is 8.80. The molecule has 7 heteroatoms. The Hall–Kier alpha value is -3.34. The van der Waals surface area contributed by atoms with Crippen molar-refractivity contribution in [1.29, 1.82) is 5.26 Å². The van der Waals surface area contributed by atoms with Gasteiger partial charge in [0.05, 0.1) is 18.8 Å². The molecule has 2 fully saturated rings. The van der Waals surface area contributed by atoms with Gasteiger partial charge in [0.15, 0.2) is 0 Å². The summed E-state index contributed by atoms with van der Waals surface area (Å²) in [5, 5.41) is 10.7. The lowest BCUT2D eigenvalue weighted by atomic mass is 9.99. The molecular weight excluding hydrogens is 416 g/mol. The van der Waals surface area contributed by atoms with E-state index in [2.05, 4.69) is 23.0 Å². The lowest BCUT2D eigenvalue weighted by molar-refractivity contribution is 0.0254. The average Bonchev–Trinajstić information content (AvgIpc) is 3.29. The van der Waals surface area contributed by atoms with E-state index in [1.807, 2.05) is 47.4 Å². The van der Waals surface area contributed by atoms with Crippen LogP contribution in [0, 0.1) is 11.3 Å². The fourth-order valence-electron chi connectivity index (χ4n) is 4.56. The molecule has 0 aliphatic carbocycles. The van der Waals surface area contributed by atoms with Gasteiger partial charge in [0.1, 0.15) is 23.6 Å². The maximum atomic E-state index is 13.1. The number of fused-ring (bicyclic) bond motifs is 1. The van der Waals surface area contributed by atoms with Crippen LogP contribution in [-0.2, 0) is 4.74 Å². The van der Waals surface area contributed by atoms with Gasteiger partial charge in [-0.25, -0.2) is 0 Å². The van der Waals surface area contributed by atoms with Crippen molar-refractivity contribution in [2.24, 2.45) is 0 Å². The molecule has 3 aromatic rings. The number of ether oxygens (including phenoxy) is 2. The van der Waals surface area contributed by atoms with Crippen molar-refractivity contribution in [2.75, 3.05) is 46.4 Å². The number of benzene rings is 2. The molecule has 170 valence electrons. The smallest absolute Gasteiger partial charge is 0.270 e. The predicted molar refractivity (Wildman–Crippen MR) is 126 cm³/mol. The number of nitrogens with one attached hydrogen (secondary N) is 1. The van der Waals surface area contributed by atoms with Crippen molar-refractivity contribution in [3.63, 3.8) is 0 Å². The molecule has 2 saturated heterocycles. The van der Waals surface area contributed by atoms with E-state index in [4.69, 9.17) is 9.47 Å². The number of aromatic nitrogens is 1. The normalized spacial score (nSPS) is 17.8. The van der Waals surface area contributed by atoms with Crippen molar-refractivity contribution in [2.45, 2.75) is 18.9 Å². The van der Waals surface area contributed by atoms with Gasteiger partial charge < -0.3 is 24.3 Å². The summed E-state index contributed by atoms with van der Waals surface area (Å²) in [5.74, 6) is 0.642. The van der Waals surface area contributed by atoms with Crippen LogP contribution in [0.5, 0.6) is 5.75 Å². The summed E-state index contributed by atoms with van der Waals surface area (Å²) in [6.07, 6.45) is 1.74. The summed E-state index contributed by atoms with van der Waals surface area (Å²) in [6, 6.07) is 15.9. The van der Waals surface area contributed by atoms with Crippen LogP contribution >= 0.6 is 0 Å². The van der Waals surface area contributed by atoms with Crippen molar-refractivity contribution >= 4 is 16.8 Å². The fourth-order valence-corrected chi connectivity index (χ4v) is 4.56. The van der Waals surface area contributed by atoms with Gasteiger partial charge in [-0.3, -0.25) is 4.79 Å². The Morgan fingerprint density at radius 2 is 1.91 bits per heavy atom. The summed E-state index contributed by atoms with van der Waals surface area (Å²) in [5.41, 5.74) is 3.93. The second kappa shape index (κ2) is 9.26. The van der Waals surface area contributed by atoms with Gasteiger partial charge in [-0.05, 0) is 42.4 Å². The Labute approximate surface area is 193 Å². The topological polar surface area (TPSA) is 81.6 Å². The number of rotatable bonds is 4. The predicted octanol–water partition coefficient (Wildman–Crippen LogP) is 3.65. The third kappa shape index (κ3) is 4.45. The highest BCUT2D eigenvalue weighted by atomic mass is 16.5. The monoisotopic (exact) mass is 444 g/mol. The van der Waals surface area contributed by atoms with Crippen molar-refractivity contribution in [3.05, 3.63) is 53.7 Å². The first-order valence-electron chi connectivity index (χ1n) is 11.5. The van der Waals surface area contributed by atoms with Gasteiger partial charge >= 0.3 is 0 Å². The summed E-state index contributed by atoms with van der Waals surface area (Å²) >= 11 is 0. The first-order valence-corrected chi connectivity index (χ1v) is 11.5. The number of amides is 1. The Morgan fingerprint density at radius 3 is 2.67 bits per heavy atom. The Balaban J connectivity index is 1.43. The fraction of sp³-hybridized carbons (Fsp3) is 0.385. The van der Waals surface area contributed by atoms with Gasteiger partial charge in [-0.2, -0.15) is 5.26 Å². The molecule has 5 rings (SSSR count). The number of likely N-dealkylation sites (N-methyl/N-ethyl adjacent to an activating group) is 1. The Kier molecular flexibility index (Phi) is 6.03. The molecule has 7 nitrogen and oxygen atoms in total. The number of hydrogen-bond acceptors (Lipinski definition) is 5. The zero-order chi connectivity index (χ0) is 22.8. The average molecular weight is 445 g/mol. The van der Waals surface area contributed by atoms with Crippen LogP contribution in [0.25, 0.3) is 22.0 Å². The molecule has 3 heterocycles. The highest BCUT2D eigenvalue weighted by Gasteiger charge is 2.23. The van der Waals surface area contributed by atoms with Crippen LogP contribution in [0.4, 0.5) is 0 Å². The summed E-state index contributed by atoms with van der Waals surface area (Å²) in [6.45, 7) is 4.62. The minimum atomic E-state index is 0.0307. The number of carbonyl (C=O) groups excluding carboxylic acids is 1. The first-order chi connectivity index (χ1) is 16.1. The minimum Gasteiger partial charge on any atom is -0.489 e. The number of nitriles is 1. The van der Waals surface area contributed by atoms with E-state index in [0.717, 1.165) is 61.1 Å². The lowest BCUT2D eigenvalue weighted by Crippen LogP contribution is -2.47. The molecule has 0 unspecified atom stereocenters. The maximum Gasteiger partial charge on any atom is 0.270 e. The standard InChI is InChI=1S/C26H28N4O3/c1-29-9-11-30(12-10-29)26(31)24-16-22-21(3-2-4-23(22)28-24)18-5-6-25(19(15-18)17-27)33-20-7-13-32-14-8-20/h2-6,15-16,20,28H,7-14H2,1H3. The molecule has 2 aliphatic heterocycles. The molecule has 0 spiro atoms. The third-order valence-electron chi connectivity index (χ3n) is 6.56. The maximum absolute atomic E-state index is 13.1. The number of piperazine rings is 1. The summed E-state index contributed by atoms with van der Waals surface area (Å²) in [4.78, 5) is 20.5. The summed E-state index contributed by atoms with van der Waals surface area (Å²) < 4.78 is 11.5. The van der Waals surface area contributed by atoms with Crippen molar-refractivity contribution in [3.8, 4) is 22.9 Å². The zero-order valence-electron chi connectivity index (χ0n) is 18.8. The highest BCUT2D eigenvalue weighted by Crippen LogP contribution is 2.33. The lowest BCUT2D eigenvalue weighted by Gasteiger charge is -2.32. The largest absolute Gasteiger partial charge is 0.489 e. The van der Waals surface area contributed by atoms with Crippen molar-refractivity contribution in [1.82, 2.24) is 14.8 Å². The van der Waals surface area contributed by atoms with E-state index in [1.165, 1.54) is 0 Å². The van der Waals surface area contributed by atoms with Crippen molar-refractivity contribution < 1.29 is 14.3 Å². The number of nitrogens with zero attached hydrogens (tertiary/aromatic N) is 3. The van der Waals surface area contributed by atoms with Crippen LogP contribution in [0.2, 0.25) is 0 Å². The van der Waals surface area contributed by atoms with Crippen LogP contribution < -0.4 is 4.74 Å². The van der Waals surface area contributed by atoms with E-state index < -0.39 is 0 Å². The molecule has 0 atom stereocenters. The van der Waals surface area contributed by atoms with Crippen LogP contribution in [0.15, 0.2) is 42.5 Å². The SMILES string of the molecule is CN1CCN(C(=O)c2cc3c(-c4ccc(OC5CCOCC5)c(C#N)c4)cccc3[nH]2)CC1. The number of H-pyrrole nitrogens is 1. The molecule has 0 saturated carbocycles. The molecule has 1 aromatic heterocycles. The van der Waals surface area contributed by atoms with Gasteiger partial charge in [0.25, 0.3) is 5.91 Å². The van der Waals surface area contributed by atoms with Crippen LogP contribution in [0.1, 0.15) is 28.9 Å². The molecular formula is C26H28N4O3. The van der Waals surface area contributed by atoms with E-state index in [9.17, 15) is 10.1 Å². The Morgan fingerprint density at radius 1 is 1.12 bits per heavy atom. The van der Waals surface area contributed by atoms with E-state index in [0.29, 0.717) is 30.2 Å². The van der Waals surface area contributed by atoms with E-state index in [-0.39, 0.29) is 12.0 Å². The van der Waals surface area contributed by atoms with Gasteiger partial charge in [0.2, 0.25) is 0 Å². The van der Waals surface area contributed by atoms with E-state index in [1.54, 1.807) is 0 Å². The first kappa shape index (κ1) is 21.5. The van der Waals surface area contributed by atoms with Crippen LogP contribution in [-0.4, -0.2) is 73.2 Å². The third-order valence-corrected chi connectivity index (χ3v) is 6.56. The van der Waals surface area contributed by atoms with Crippen LogP contribution in [0.3, 0.4) is 0 Å². The zero-order valence-corrected chi connectivity index (χ0v) is 18.8.